The molecule has 4 rings (SSSR count). The van der Waals surface area contributed by atoms with E-state index in [1.807, 2.05) is 25.1 Å². The second-order valence-electron chi connectivity index (χ2n) is 6.42. The van der Waals surface area contributed by atoms with E-state index >= 15 is 0 Å². The summed E-state index contributed by atoms with van der Waals surface area (Å²) in [6, 6.07) is 17.8. The average molecular weight is 423 g/mol. The summed E-state index contributed by atoms with van der Waals surface area (Å²) in [5.74, 6) is 0.905. The third-order valence-corrected chi connectivity index (χ3v) is 4.58. The SMILES string of the molecule is CCOc1ccccc1N=c1oc2ccc(Cl)cc2cc1C(=O)NCc1ccco1. The van der Waals surface area contributed by atoms with Crippen molar-refractivity contribution in [2.75, 3.05) is 6.61 Å². The highest BCUT2D eigenvalue weighted by Crippen LogP contribution is 2.27. The third kappa shape index (κ3) is 4.39. The molecule has 0 fully saturated rings. The number of fused-ring (bicyclic) bond motifs is 1. The molecule has 0 aliphatic carbocycles. The van der Waals surface area contributed by atoms with Crippen LogP contribution in [0.1, 0.15) is 23.0 Å². The number of hydrogen-bond acceptors (Lipinski definition) is 5. The molecule has 0 aliphatic rings. The van der Waals surface area contributed by atoms with Gasteiger partial charge in [0.25, 0.3) is 5.91 Å². The highest BCUT2D eigenvalue weighted by molar-refractivity contribution is 6.31. The number of rotatable bonds is 6. The molecule has 30 heavy (non-hydrogen) atoms. The molecule has 0 radical (unpaired) electrons. The van der Waals surface area contributed by atoms with Gasteiger partial charge in [-0.25, -0.2) is 4.99 Å². The topological polar surface area (TPSA) is 77.0 Å². The van der Waals surface area contributed by atoms with Crippen LogP contribution in [0.15, 0.2) is 80.8 Å². The van der Waals surface area contributed by atoms with Crippen LogP contribution in [0.2, 0.25) is 5.02 Å². The number of hydrogen-bond donors (Lipinski definition) is 1. The zero-order chi connectivity index (χ0) is 20.9. The molecule has 6 nitrogen and oxygen atoms in total. The summed E-state index contributed by atoms with van der Waals surface area (Å²) in [5, 5.41) is 4.07. The van der Waals surface area contributed by atoms with Gasteiger partial charge < -0.3 is 18.9 Å². The number of carbonyl (C=O) groups is 1. The third-order valence-electron chi connectivity index (χ3n) is 4.34. The molecule has 2 aromatic carbocycles. The summed E-state index contributed by atoms with van der Waals surface area (Å²) < 4.78 is 16.9. The molecule has 2 heterocycles. The van der Waals surface area contributed by atoms with Crippen molar-refractivity contribution < 1.29 is 18.4 Å². The molecule has 0 atom stereocenters. The Morgan fingerprint density at radius 1 is 1.13 bits per heavy atom. The van der Waals surface area contributed by atoms with E-state index in [1.54, 1.807) is 48.7 Å². The Balaban J connectivity index is 1.81. The van der Waals surface area contributed by atoms with E-state index in [2.05, 4.69) is 10.3 Å². The second-order valence-corrected chi connectivity index (χ2v) is 6.86. The van der Waals surface area contributed by atoms with Crippen molar-refractivity contribution in [1.82, 2.24) is 5.32 Å². The number of halogens is 1. The minimum Gasteiger partial charge on any atom is -0.492 e. The van der Waals surface area contributed by atoms with E-state index in [0.29, 0.717) is 39.8 Å². The maximum Gasteiger partial charge on any atom is 0.257 e. The zero-order valence-electron chi connectivity index (χ0n) is 16.2. The molecule has 152 valence electrons. The molecule has 0 saturated carbocycles. The number of furan rings is 1. The Labute approximate surface area is 177 Å². The van der Waals surface area contributed by atoms with Crippen molar-refractivity contribution in [1.29, 1.82) is 0 Å². The van der Waals surface area contributed by atoms with Gasteiger partial charge in [0.15, 0.2) is 0 Å². The van der Waals surface area contributed by atoms with Gasteiger partial charge in [-0.1, -0.05) is 23.7 Å². The maximum absolute atomic E-state index is 13.0. The molecular formula is C23H19ClN2O4. The van der Waals surface area contributed by atoms with Gasteiger partial charge in [0, 0.05) is 10.4 Å². The van der Waals surface area contributed by atoms with Crippen molar-refractivity contribution in [3.63, 3.8) is 0 Å². The predicted molar refractivity (Wildman–Crippen MR) is 114 cm³/mol. The number of para-hydroxylation sites is 2. The maximum atomic E-state index is 13.0. The van der Waals surface area contributed by atoms with Crippen LogP contribution in [0.25, 0.3) is 11.0 Å². The number of amides is 1. The quantitative estimate of drug-likeness (QED) is 0.461. The molecule has 2 aromatic heterocycles. The number of ether oxygens (including phenoxy) is 1. The molecule has 0 saturated heterocycles. The number of nitrogens with zero attached hydrogens (tertiary/aromatic N) is 1. The lowest BCUT2D eigenvalue weighted by molar-refractivity contribution is 0.0944. The first-order valence-electron chi connectivity index (χ1n) is 9.44. The van der Waals surface area contributed by atoms with Crippen LogP contribution in [0.4, 0.5) is 5.69 Å². The molecule has 4 aromatic rings. The molecule has 0 aliphatic heterocycles. The van der Waals surface area contributed by atoms with E-state index in [9.17, 15) is 4.79 Å². The van der Waals surface area contributed by atoms with Crippen LogP contribution < -0.4 is 15.6 Å². The zero-order valence-corrected chi connectivity index (χ0v) is 17.0. The highest BCUT2D eigenvalue weighted by atomic mass is 35.5. The Bertz CT molecular complexity index is 1250. The van der Waals surface area contributed by atoms with E-state index < -0.39 is 0 Å². The average Bonchev–Trinajstić information content (AvgIpc) is 3.27. The normalized spacial score (nSPS) is 11.6. The minimum atomic E-state index is -0.343. The van der Waals surface area contributed by atoms with Crippen LogP contribution in [0.5, 0.6) is 5.75 Å². The fraction of sp³-hybridized carbons (Fsp3) is 0.130. The van der Waals surface area contributed by atoms with Crippen molar-refractivity contribution in [3.05, 3.63) is 88.8 Å². The summed E-state index contributed by atoms with van der Waals surface area (Å²) >= 11 is 6.11. The van der Waals surface area contributed by atoms with Crippen molar-refractivity contribution in [2.45, 2.75) is 13.5 Å². The molecular weight excluding hydrogens is 404 g/mol. The standard InChI is InChI=1S/C23H19ClN2O4/c1-2-28-21-8-4-3-7-19(21)26-23-18(22(27)25-14-17-6-5-11-29-17)13-15-12-16(24)9-10-20(15)30-23/h3-13H,2,14H2,1H3,(H,25,27). The smallest absolute Gasteiger partial charge is 0.257 e. The van der Waals surface area contributed by atoms with Crippen molar-refractivity contribution >= 4 is 34.2 Å². The van der Waals surface area contributed by atoms with Gasteiger partial charge in [0.05, 0.1) is 19.4 Å². The molecule has 0 spiro atoms. The molecule has 7 heteroatoms. The Morgan fingerprint density at radius 3 is 2.80 bits per heavy atom. The minimum absolute atomic E-state index is 0.175. The van der Waals surface area contributed by atoms with Crippen LogP contribution in [0.3, 0.4) is 0 Å². The first-order chi connectivity index (χ1) is 14.6. The van der Waals surface area contributed by atoms with Gasteiger partial charge in [-0.05, 0) is 55.5 Å². The Kier molecular flexibility index (Phi) is 5.86. The molecule has 1 N–H and O–H groups in total. The molecule has 0 unspecified atom stereocenters. The van der Waals surface area contributed by atoms with Crippen molar-refractivity contribution in [3.8, 4) is 5.75 Å². The first-order valence-corrected chi connectivity index (χ1v) is 9.82. The summed E-state index contributed by atoms with van der Waals surface area (Å²) in [7, 11) is 0. The Morgan fingerprint density at radius 2 is 2.00 bits per heavy atom. The molecule has 0 bridgehead atoms. The number of nitrogens with one attached hydrogen (secondary N) is 1. The van der Waals surface area contributed by atoms with Gasteiger partial charge in [0.2, 0.25) is 5.55 Å². The predicted octanol–water partition coefficient (Wildman–Crippen LogP) is 5.24. The summed E-state index contributed by atoms with van der Waals surface area (Å²) in [6.07, 6.45) is 1.56. The Hall–Kier alpha value is -3.51. The van der Waals surface area contributed by atoms with Crippen LogP contribution >= 0.6 is 11.6 Å². The van der Waals surface area contributed by atoms with E-state index in [4.69, 9.17) is 25.2 Å². The van der Waals surface area contributed by atoms with Gasteiger partial charge >= 0.3 is 0 Å². The highest BCUT2D eigenvalue weighted by Gasteiger charge is 2.14. The summed E-state index contributed by atoms with van der Waals surface area (Å²) in [4.78, 5) is 17.5. The lowest BCUT2D eigenvalue weighted by Crippen LogP contribution is -2.28. The lowest BCUT2D eigenvalue weighted by Gasteiger charge is -2.08. The number of benzene rings is 2. The first kappa shape index (κ1) is 19.8. The summed E-state index contributed by atoms with van der Waals surface area (Å²) in [5.41, 5.74) is 1.59. The largest absolute Gasteiger partial charge is 0.492 e. The summed E-state index contributed by atoms with van der Waals surface area (Å²) in [6.45, 7) is 2.64. The lowest BCUT2D eigenvalue weighted by atomic mass is 10.1. The van der Waals surface area contributed by atoms with Gasteiger partial charge in [-0.3, -0.25) is 4.79 Å². The fourth-order valence-electron chi connectivity index (χ4n) is 2.96. The van der Waals surface area contributed by atoms with E-state index in [0.717, 1.165) is 0 Å². The monoisotopic (exact) mass is 422 g/mol. The fourth-order valence-corrected chi connectivity index (χ4v) is 3.14. The number of carbonyl (C=O) groups excluding carboxylic acids is 1. The van der Waals surface area contributed by atoms with Crippen LogP contribution in [0, 0.1) is 0 Å². The van der Waals surface area contributed by atoms with E-state index in [1.165, 1.54) is 0 Å². The van der Waals surface area contributed by atoms with Gasteiger partial charge in [-0.2, -0.15) is 0 Å². The van der Waals surface area contributed by atoms with Crippen molar-refractivity contribution in [2.24, 2.45) is 4.99 Å². The van der Waals surface area contributed by atoms with Gasteiger partial charge in [-0.15, -0.1) is 0 Å². The van der Waals surface area contributed by atoms with Gasteiger partial charge in [0.1, 0.15) is 28.3 Å². The van der Waals surface area contributed by atoms with Crippen LogP contribution in [-0.2, 0) is 6.54 Å². The molecule has 1 amide bonds. The van der Waals surface area contributed by atoms with E-state index in [-0.39, 0.29) is 23.6 Å². The second kappa shape index (κ2) is 8.88. The van der Waals surface area contributed by atoms with Crippen LogP contribution in [-0.4, -0.2) is 12.5 Å².